The predicted octanol–water partition coefficient (Wildman–Crippen LogP) is 3.66. The first kappa shape index (κ1) is 18.9. The highest BCUT2D eigenvalue weighted by Crippen LogP contribution is 2.31. The minimum Gasteiger partial charge on any atom is -0.480 e. The summed E-state index contributed by atoms with van der Waals surface area (Å²) in [5, 5.41) is 15.7. The first-order chi connectivity index (χ1) is 11.7. The molecule has 0 saturated carbocycles. The highest BCUT2D eigenvalue weighted by Gasteiger charge is 2.31. The average molecular weight is 357 g/mol. The van der Waals surface area contributed by atoms with Gasteiger partial charge < -0.3 is 9.63 Å². The Morgan fingerprint density at radius 3 is 2.72 bits per heavy atom. The number of aromatic nitrogens is 2. The molecule has 25 heavy (non-hydrogen) atoms. The number of hydrogen-bond donors (Lipinski definition) is 2. The van der Waals surface area contributed by atoms with Crippen molar-refractivity contribution in [2.45, 2.75) is 44.9 Å². The van der Waals surface area contributed by atoms with Gasteiger partial charge in [0.15, 0.2) is 0 Å². The Hall–Kier alpha value is -2.42. The maximum Gasteiger partial charge on any atom is 0.416 e. The standard InChI is InChI=1S/C16H18F3N3O3/c1-3-5-12(15(23)24)20-9(2)14-21-13(22-25-14)10-6-4-7-11(8-10)16(17,18)19/h4,6-9,12,20H,3,5H2,1-2H3,(H,23,24). The van der Waals surface area contributed by atoms with E-state index in [4.69, 9.17) is 9.63 Å². The lowest BCUT2D eigenvalue weighted by molar-refractivity contribution is -0.140. The molecule has 1 heterocycles. The molecule has 0 aliphatic heterocycles. The molecule has 0 saturated heterocycles. The second-order valence-corrected chi connectivity index (χ2v) is 5.60. The van der Waals surface area contributed by atoms with Crippen LogP contribution in [-0.2, 0) is 11.0 Å². The van der Waals surface area contributed by atoms with Gasteiger partial charge in [-0.05, 0) is 25.5 Å². The summed E-state index contributed by atoms with van der Waals surface area (Å²) >= 11 is 0. The third-order valence-electron chi connectivity index (χ3n) is 3.59. The van der Waals surface area contributed by atoms with Crippen LogP contribution in [0.25, 0.3) is 11.4 Å². The molecule has 0 aliphatic rings. The molecule has 1 aromatic heterocycles. The van der Waals surface area contributed by atoms with Gasteiger partial charge in [0.2, 0.25) is 11.7 Å². The molecule has 0 bridgehead atoms. The topological polar surface area (TPSA) is 88.3 Å². The van der Waals surface area contributed by atoms with Crippen LogP contribution in [0.2, 0.25) is 0 Å². The molecule has 2 aromatic rings. The number of carbonyl (C=O) groups is 1. The maximum atomic E-state index is 12.8. The van der Waals surface area contributed by atoms with E-state index in [9.17, 15) is 18.0 Å². The second-order valence-electron chi connectivity index (χ2n) is 5.60. The van der Waals surface area contributed by atoms with E-state index in [0.29, 0.717) is 12.8 Å². The molecule has 0 amide bonds. The molecule has 2 rings (SSSR count). The fourth-order valence-corrected chi connectivity index (χ4v) is 2.30. The zero-order valence-corrected chi connectivity index (χ0v) is 13.7. The average Bonchev–Trinajstić information content (AvgIpc) is 3.03. The lowest BCUT2D eigenvalue weighted by Crippen LogP contribution is -2.38. The molecule has 6 nitrogen and oxygen atoms in total. The van der Waals surface area contributed by atoms with Crippen LogP contribution < -0.4 is 5.32 Å². The Balaban J connectivity index is 2.18. The molecule has 2 atom stereocenters. The van der Waals surface area contributed by atoms with Crippen LogP contribution in [0.3, 0.4) is 0 Å². The number of carboxylic acids is 1. The van der Waals surface area contributed by atoms with Gasteiger partial charge >= 0.3 is 12.1 Å². The van der Waals surface area contributed by atoms with Crippen molar-refractivity contribution in [2.75, 3.05) is 0 Å². The van der Waals surface area contributed by atoms with E-state index in [-0.39, 0.29) is 17.3 Å². The smallest absolute Gasteiger partial charge is 0.416 e. The minimum absolute atomic E-state index is 0.0112. The van der Waals surface area contributed by atoms with E-state index in [0.717, 1.165) is 12.1 Å². The summed E-state index contributed by atoms with van der Waals surface area (Å²) in [6.45, 7) is 3.51. The number of alkyl halides is 3. The summed E-state index contributed by atoms with van der Waals surface area (Å²) in [6, 6.07) is 3.26. The van der Waals surface area contributed by atoms with E-state index in [1.807, 2.05) is 6.92 Å². The van der Waals surface area contributed by atoms with Gasteiger partial charge in [0, 0.05) is 5.56 Å². The van der Waals surface area contributed by atoms with E-state index in [2.05, 4.69) is 15.5 Å². The van der Waals surface area contributed by atoms with Gasteiger partial charge in [-0.25, -0.2) is 0 Å². The van der Waals surface area contributed by atoms with Crippen LogP contribution in [0, 0.1) is 0 Å². The summed E-state index contributed by atoms with van der Waals surface area (Å²) < 4.78 is 43.4. The Morgan fingerprint density at radius 2 is 2.12 bits per heavy atom. The number of aliphatic carboxylic acids is 1. The summed E-state index contributed by atoms with van der Waals surface area (Å²) in [7, 11) is 0. The van der Waals surface area contributed by atoms with Crippen molar-refractivity contribution in [1.29, 1.82) is 0 Å². The number of hydrogen-bond acceptors (Lipinski definition) is 5. The molecule has 1 aromatic carbocycles. The summed E-state index contributed by atoms with van der Waals surface area (Å²) in [5.74, 6) is -0.877. The van der Waals surface area contributed by atoms with Crippen molar-refractivity contribution in [1.82, 2.24) is 15.5 Å². The SMILES string of the molecule is CCCC(NC(C)c1nc(-c2cccc(C(F)(F)F)c2)no1)C(=O)O. The Kier molecular flexibility index (Phi) is 5.78. The molecule has 9 heteroatoms. The predicted molar refractivity (Wildman–Crippen MR) is 82.6 cm³/mol. The lowest BCUT2D eigenvalue weighted by Gasteiger charge is -2.16. The zero-order valence-electron chi connectivity index (χ0n) is 13.7. The van der Waals surface area contributed by atoms with E-state index in [1.165, 1.54) is 12.1 Å². The molecular weight excluding hydrogens is 339 g/mol. The fraction of sp³-hybridized carbons (Fsp3) is 0.438. The molecule has 0 radical (unpaired) electrons. The lowest BCUT2D eigenvalue weighted by atomic mass is 10.1. The van der Waals surface area contributed by atoms with Gasteiger partial charge in [-0.2, -0.15) is 18.2 Å². The molecular formula is C16H18F3N3O3. The van der Waals surface area contributed by atoms with Crippen LogP contribution >= 0.6 is 0 Å². The van der Waals surface area contributed by atoms with Crippen molar-refractivity contribution < 1.29 is 27.6 Å². The molecule has 2 unspecified atom stereocenters. The number of halogens is 3. The van der Waals surface area contributed by atoms with E-state index >= 15 is 0 Å². The first-order valence-electron chi connectivity index (χ1n) is 7.72. The zero-order chi connectivity index (χ0) is 18.6. The highest BCUT2D eigenvalue weighted by atomic mass is 19.4. The molecule has 136 valence electrons. The van der Waals surface area contributed by atoms with E-state index < -0.39 is 29.8 Å². The van der Waals surface area contributed by atoms with Crippen LogP contribution in [-0.4, -0.2) is 27.3 Å². The Morgan fingerprint density at radius 1 is 1.40 bits per heavy atom. The van der Waals surface area contributed by atoms with Crippen molar-refractivity contribution in [3.8, 4) is 11.4 Å². The van der Waals surface area contributed by atoms with E-state index in [1.54, 1.807) is 6.92 Å². The van der Waals surface area contributed by atoms with Crippen molar-refractivity contribution >= 4 is 5.97 Å². The van der Waals surface area contributed by atoms with Crippen LogP contribution in [0.1, 0.15) is 44.2 Å². The van der Waals surface area contributed by atoms with Crippen LogP contribution in [0.4, 0.5) is 13.2 Å². The monoisotopic (exact) mass is 357 g/mol. The first-order valence-corrected chi connectivity index (χ1v) is 7.72. The molecule has 0 spiro atoms. The van der Waals surface area contributed by atoms with Crippen LogP contribution in [0.15, 0.2) is 28.8 Å². The number of rotatable bonds is 7. The summed E-state index contributed by atoms with van der Waals surface area (Å²) in [6.07, 6.45) is -3.36. The molecule has 2 N–H and O–H groups in total. The summed E-state index contributed by atoms with van der Waals surface area (Å²) in [5.41, 5.74) is -0.642. The van der Waals surface area contributed by atoms with Gasteiger partial charge in [0.05, 0.1) is 11.6 Å². The van der Waals surface area contributed by atoms with Gasteiger partial charge in [0.25, 0.3) is 0 Å². The Bertz CT molecular complexity index is 731. The fourth-order valence-electron chi connectivity index (χ4n) is 2.30. The number of benzene rings is 1. The third-order valence-corrected chi connectivity index (χ3v) is 3.59. The van der Waals surface area contributed by atoms with Gasteiger partial charge in [-0.1, -0.05) is 30.6 Å². The minimum atomic E-state index is -4.47. The van der Waals surface area contributed by atoms with Gasteiger partial charge in [-0.3, -0.25) is 10.1 Å². The van der Waals surface area contributed by atoms with Crippen molar-refractivity contribution in [2.24, 2.45) is 0 Å². The number of nitrogens with zero attached hydrogens (tertiary/aromatic N) is 2. The maximum absolute atomic E-state index is 12.8. The quantitative estimate of drug-likeness (QED) is 0.786. The van der Waals surface area contributed by atoms with Gasteiger partial charge in [0.1, 0.15) is 6.04 Å². The van der Waals surface area contributed by atoms with Gasteiger partial charge in [-0.15, -0.1) is 0 Å². The molecule has 0 fully saturated rings. The number of carboxylic acid groups (broad SMARTS) is 1. The third kappa shape index (κ3) is 4.79. The van der Waals surface area contributed by atoms with Crippen molar-refractivity contribution in [3.05, 3.63) is 35.7 Å². The Labute approximate surface area is 142 Å². The normalized spacial score (nSPS) is 14.3. The second kappa shape index (κ2) is 7.64. The summed E-state index contributed by atoms with van der Waals surface area (Å²) in [4.78, 5) is 15.3. The highest BCUT2D eigenvalue weighted by molar-refractivity contribution is 5.73. The van der Waals surface area contributed by atoms with Crippen LogP contribution in [0.5, 0.6) is 0 Å². The molecule has 0 aliphatic carbocycles. The largest absolute Gasteiger partial charge is 0.480 e. The van der Waals surface area contributed by atoms with Crippen molar-refractivity contribution in [3.63, 3.8) is 0 Å². The number of nitrogens with one attached hydrogen (secondary N) is 1.